The van der Waals surface area contributed by atoms with E-state index in [-0.39, 0.29) is 11.5 Å². The van der Waals surface area contributed by atoms with Crippen molar-refractivity contribution < 1.29 is 9.53 Å². The summed E-state index contributed by atoms with van der Waals surface area (Å²) in [5.74, 6) is 0.644. The van der Waals surface area contributed by atoms with Crippen LogP contribution in [0.1, 0.15) is 18.2 Å². The van der Waals surface area contributed by atoms with Crippen LogP contribution in [0.3, 0.4) is 0 Å². The number of anilines is 1. The highest BCUT2D eigenvalue weighted by molar-refractivity contribution is 7.13. The number of hydrogen-bond acceptors (Lipinski definition) is 8. The third kappa shape index (κ3) is 4.94. The summed E-state index contributed by atoms with van der Waals surface area (Å²) < 4.78 is 7.26. The third-order valence-electron chi connectivity index (χ3n) is 5.46. The number of carbonyl (C=O) groups is 1. The Morgan fingerprint density at radius 3 is 2.65 bits per heavy atom. The van der Waals surface area contributed by atoms with E-state index in [2.05, 4.69) is 19.8 Å². The van der Waals surface area contributed by atoms with E-state index in [1.165, 1.54) is 18.5 Å². The molecule has 3 aromatic rings. The number of rotatable bonds is 6. The van der Waals surface area contributed by atoms with E-state index >= 15 is 0 Å². The maximum atomic E-state index is 12.9. The summed E-state index contributed by atoms with van der Waals surface area (Å²) in [4.78, 5) is 38.9. The molecule has 0 aliphatic carbocycles. The number of piperazine rings is 1. The van der Waals surface area contributed by atoms with Gasteiger partial charge in [-0.25, -0.2) is 9.97 Å². The first-order valence-electron chi connectivity index (χ1n) is 10.4. The van der Waals surface area contributed by atoms with Crippen LogP contribution >= 0.6 is 11.5 Å². The fourth-order valence-corrected chi connectivity index (χ4v) is 5.21. The van der Waals surface area contributed by atoms with Gasteiger partial charge in [0.15, 0.2) is 0 Å². The average Bonchev–Trinajstić information content (AvgIpc) is 3.04. The Morgan fingerprint density at radius 1 is 1.19 bits per heavy atom. The van der Waals surface area contributed by atoms with Gasteiger partial charge >= 0.3 is 5.97 Å². The Labute approximate surface area is 185 Å². The molecule has 4 rings (SSSR count). The minimum absolute atomic E-state index is 0.0675. The molecule has 0 amide bonds. The average molecular weight is 442 g/mol. The molecule has 9 heteroatoms. The highest BCUT2D eigenvalue weighted by Crippen LogP contribution is 2.20. The molecule has 0 saturated carbocycles. The normalized spacial score (nSPS) is 15.9. The Bertz CT molecular complexity index is 1120. The van der Waals surface area contributed by atoms with Crippen LogP contribution < -0.4 is 10.5 Å². The number of aromatic nitrogens is 3. The molecular formula is C22H27N5O3S. The summed E-state index contributed by atoms with van der Waals surface area (Å²) in [6.45, 7) is 9.58. The number of hydrogen-bond donors (Lipinski definition) is 0. The topological polar surface area (TPSA) is 80.6 Å². The maximum absolute atomic E-state index is 12.9. The zero-order chi connectivity index (χ0) is 22.0. The molecule has 1 aliphatic rings. The van der Waals surface area contributed by atoms with Gasteiger partial charge in [0.05, 0.1) is 11.9 Å². The van der Waals surface area contributed by atoms with Crippen LogP contribution in [0.4, 0.5) is 5.82 Å². The van der Waals surface area contributed by atoms with Crippen molar-refractivity contribution >= 4 is 33.5 Å². The van der Waals surface area contributed by atoms with Gasteiger partial charge in [-0.05, 0) is 49.1 Å². The van der Waals surface area contributed by atoms with E-state index in [4.69, 9.17) is 4.74 Å². The first-order chi connectivity index (χ1) is 14.9. The van der Waals surface area contributed by atoms with E-state index in [9.17, 15) is 9.59 Å². The van der Waals surface area contributed by atoms with Crippen LogP contribution in [0.15, 0.2) is 35.3 Å². The van der Waals surface area contributed by atoms with Crippen molar-refractivity contribution in [2.75, 3.05) is 37.6 Å². The van der Waals surface area contributed by atoms with Gasteiger partial charge < -0.3 is 9.64 Å². The van der Waals surface area contributed by atoms with Crippen LogP contribution in [0.5, 0.6) is 0 Å². The van der Waals surface area contributed by atoms with Crippen molar-refractivity contribution in [2.45, 2.75) is 33.4 Å². The second kappa shape index (κ2) is 9.15. The Morgan fingerprint density at radius 2 is 1.97 bits per heavy atom. The number of ether oxygens (including phenoxy) is 1. The maximum Gasteiger partial charge on any atom is 0.303 e. The molecule has 1 aliphatic heterocycles. The van der Waals surface area contributed by atoms with Crippen LogP contribution in [0.2, 0.25) is 0 Å². The van der Waals surface area contributed by atoms with Crippen LogP contribution in [-0.4, -0.2) is 63.6 Å². The summed E-state index contributed by atoms with van der Waals surface area (Å²) >= 11 is 1.33. The standard InChI is InChI=1S/C22H27N5O3S/c1-15-12-16(2)24-21-20(15)22(29)27(31-21)14-18(30-17(3)28)13-25-8-10-26(11-9-25)19-6-4-5-7-23-19/h4-7,12,18H,8-11,13-14H2,1-3H3. The molecule has 0 spiro atoms. The number of aryl methyl sites for hydroxylation is 2. The molecule has 0 bridgehead atoms. The lowest BCUT2D eigenvalue weighted by atomic mass is 10.2. The molecule has 164 valence electrons. The van der Waals surface area contributed by atoms with E-state index < -0.39 is 6.10 Å². The van der Waals surface area contributed by atoms with Crippen LogP contribution in [-0.2, 0) is 16.1 Å². The molecule has 0 N–H and O–H groups in total. The van der Waals surface area contributed by atoms with Gasteiger partial charge in [-0.2, -0.15) is 0 Å². The van der Waals surface area contributed by atoms with E-state index in [0.717, 1.165) is 48.1 Å². The van der Waals surface area contributed by atoms with Gasteiger partial charge in [0.25, 0.3) is 5.56 Å². The zero-order valence-corrected chi connectivity index (χ0v) is 18.9. The highest BCUT2D eigenvalue weighted by atomic mass is 32.1. The quantitative estimate of drug-likeness (QED) is 0.543. The predicted molar refractivity (Wildman–Crippen MR) is 122 cm³/mol. The van der Waals surface area contributed by atoms with Gasteiger partial charge in [-0.1, -0.05) is 6.07 Å². The minimum atomic E-state index is -0.397. The molecule has 3 aromatic heterocycles. The molecule has 1 fully saturated rings. The van der Waals surface area contributed by atoms with Crippen molar-refractivity contribution in [2.24, 2.45) is 0 Å². The fourth-order valence-electron chi connectivity index (χ4n) is 4.06. The molecule has 0 aromatic carbocycles. The number of esters is 1. The third-order valence-corrected chi connectivity index (χ3v) is 6.46. The lowest BCUT2D eigenvalue weighted by molar-refractivity contribution is -0.147. The lowest BCUT2D eigenvalue weighted by Crippen LogP contribution is -2.50. The van der Waals surface area contributed by atoms with Gasteiger partial charge in [0, 0.05) is 51.5 Å². The van der Waals surface area contributed by atoms with Gasteiger partial charge in [0.2, 0.25) is 0 Å². The minimum Gasteiger partial charge on any atom is -0.459 e. The van der Waals surface area contributed by atoms with Crippen molar-refractivity contribution in [3.05, 3.63) is 52.1 Å². The van der Waals surface area contributed by atoms with E-state index in [1.54, 1.807) is 10.2 Å². The monoisotopic (exact) mass is 441 g/mol. The lowest BCUT2D eigenvalue weighted by Gasteiger charge is -2.36. The Kier molecular flexibility index (Phi) is 6.33. The predicted octanol–water partition coefficient (Wildman–Crippen LogP) is 2.22. The van der Waals surface area contributed by atoms with Crippen LogP contribution in [0.25, 0.3) is 10.2 Å². The first kappa shape index (κ1) is 21.5. The Hall–Kier alpha value is -2.78. The van der Waals surface area contributed by atoms with Crippen molar-refractivity contribution in [3.8, 4) is 0 Å². The number of nitrogens with zero attached hydrogens (tertiary/aromatic N) is 5. The second-order valence-electron chi connectivity index (χ2n) is 7.93. The molecule has 1 atom stereocenters. The van der Waals surface area contributed by atoms with E-state index in [0.29, 0.717) is 18.5 Å². The fraction of sp³-hybridized carbons (Fsp3) is 0.455. The summed E-state index contributed by atoms with van der Waals surface area (Å²) in [7, 11) is 0. The van der Waals surface area contributed by atoms with Crippen molar-refractivity contribution in [3.63, 3.8) is 0 Å². The Balaban J connectivity index is 1.46. The smallest absolute Gasteiger partial charge is 0.303 e. The molecule has 1 unspecified atom stereocenters. The molecule has 0 radical (unpaired) electrons. The summed E-state index contributed by atoms with van der Waals surface area (Å²) in [6, 6.07) is 7.85. The van der Waals surface area contributed by atoms with Crippen molar-refractivity contribution in [1.82, 2.24) is 18.8 Å². The second-order valence-corrected chi connectivity index (χ2v) is 8.94. The summed E-state index contributed by atoms with van der Waals surface area (Å²) in [6.07, 6.45) is 1.41. The molecule has 1 saturated heterocycles. The number of carbonyl (C=O) groups excluding carboxylic acids is 1. The largest absolute Gasteiger partial charge is 0.459 e. The molecule has 31 heavy (non-hydrogen) atoms. The van der Waals surface area contributed by atoms with Gasteiger partial charge in [0.1, 0.15) is 16.8 Å². The molecular weight excluding hydrogens is 414 g/mol. The number of pyridine rings is 2. The highest BCUT2D eigenvalue weighted by Gasteiger charge is 2.24. The number of fused-ring (bicyclic) bond motifs is 1. The van der Waals surface area contributed by atoms with Gasteiger partial charge in [-0.3, -0.25) is 18.4 Å². The van der Waals surface area contributed by atoms with E-state index in [1.807, 2.05) is 38.1 Å². The van der Waals surface area contributed by atoms with Crippen LogP contribution in [0, 0.1) is 13.8 Å². The first-order valence-corrected chi connectivity index (χ1v) is 11.2. The molecule has 4 heterocycles. The summed E-state index contributed by atoms with van der Waals surface area (Å²) in [5, 5.41) is 0.654. The SMILES string of the molecule is CC(=O)OC(CN1CCN(c2ccccn2)CC1)Cn1sc2nc(C)cc(C)c2c1=O. The summed E-state index contributed by atoms with van der Waals surface area (Å²) in [5.41, 5.74) is 1.75. The van der Waals surface area contributed by atoms with Gasteiger partial charge in [-0.15, -0.1) is 0 Å². The zero-order valence-electron chi connectivity index (χ0n) is 18.1. The molecule has 8 nitrogen and oxygen atoms in total. The van der Waals surface area contributed by atoms with Crippen molar-refractivity contribution in [1.29, 1.82) is 0 Å².